The molecule has 0 saturated heterocycles. The lowest BCUT2D eigenvalue weighted by atomic mass is 9.97. The summed E-state index contributed by atoms with van der Waals surface area (Å²) in [5.74, 6) is -0.835. The van der Waals surface area contributed by atoms with E-state index in [1.54, 1.807) is 0 Å². The molecule has 0 heterocycles. The van der Waals surface area contributed by atoms with Gasteiger partial charge in [0.1, 0.15) is 13.2 Å². The van der Waals surface area contributed by atoms with E-state index in [-0.39, 0.29) is 74.9 Å². The zero-order chi connectivity index (χ0) is 31.2. The zero-order valence-electron chi connectivity index (χ0n) is 25.5. The van der Waals surface area contributed by atoms with Crippen LogP contribution in [-0.2, 0) is 51.3 Å². The number of rotatable bonds is 19. The third kappa shape index (κ3) is 14.6. The first-order chi connectivity index (χ1) is 21.5. The van der Waals surface area contributed by atoms with Gasteiger partial charge in [0.25, 0.3) is 0 Å². The van der Waals surface area contributed by atoms with E-state index < -0.39 is 0 Å². The van der Waals surface area contributed by atoms with E-state index >= 15 is 0 Å². The Balaban J connectivity index is 1.15. The molecule has 44 heavy (non-hydrogen) atoms. The highest BCUT2D eigenvalue weighted by molar-refractivity contribution is 5.80. The van der Waals surface area contributed by atoms with Gasteiger partial charge in [-0.1, -0.05) is 67.1 Å². The van der Waals surface area contributed by atoms with E-state index in [1.165, 1.54) is 0 Å². The van der Waals surface area contributed by atoms with Crippen molar-refractivity contribution < 1.29 is 38.1 Å². The molecule has 1 aliphatic rings. The number of esters is 2. The second-order valence-corrected chi connectivity index (χ2v) is 10.9. The normalized spacial score (nSPS) is 16.4. The van der Waals surface area contributed by atoms with Gasteiger partial charge in [0.2, 0.25) is 11.8 Å². The first-order valence-corrected chi connectivity index (χ1v) is 15.6. The first kappa shape index (κ1) is 34.7. The second-order valence-electron chi connectivity index (χ2n) is 10.9. The molecule has 0 bridgehead atoms. The average molecular weight is 611 g/mol. The summed E-state index contributed by atoms with van der Waals surface area (Å²) < 4.78 is 21.4. The highest BCUT2D eigenvalue weighted by Crippen LogP contribution is 2.27. The zero-order valence-corrected chi connectivity index (χ0v) is 25.5. The van der Waals surface area contributed by atoms with Gasteiger partial charge in [-0.15, -0.1) is 0 Å². The third-order valence-electron chi connectivity index (χ3n) is 7.41. The molecule has 0 aromatic heterocycles. The number of amides is 2. The lowest BCUT2D eigenvalue weighted by Gasteiger charge is -2.16. The molecule has 2 amide bonds. The molecule has 1 saturated carbocycles. The molecule has 2 aromatic carbocycles. The van der Waals surface area contributed by atoms with Crippen LogP contribution in [0.4, 0.5) is 0 Å². The van der Waals surface area contributed by atoms with Crippen LogP contribution in [0.25, 0.3) is 0 Å². The van der Waals surface area contributed by atoms with Gasteiger partial charge in [-0.05, 0) is 43.2 Å². The molecule has 0 spiro atoms. The number of ether oxygens (including phenoxy) is 4. The molecule has 2 N–H and O–H groups in total. The van der Waals surface area contributed by atoms with Crippen molar-refractivity contribution >= 4 is 23.8 Å². The van der Waals surface area contributed by atoms with Crippen molar-refractivity contribution in [3.05, 3.63) is 71.8 Å². The molecule has 240 valence electrons. The van der Waals surface area contributed by atoms with E-state index in [0.717, 1.165) is 30.4 Å². The van der Waals surface area contributed by atoms with Gasteiger partial charge in [-0.25, -0.2) is 0 Å². The fraction of sp³-hybridized carbons (Fsp3) is 0.529. The quantitative estimate of drug-likeness (QED) is 0.138. The Morgan fingerprint density at radius 1 is 0.591 bits per heavy atom. The van der Waals surface area contributed by atoms with E-state index in [4.69, 9.17) is 18.9 Å². The first-order valence-electron chi connectivity index (χ1n) is 15.6. The molecule has 2 aromatic rings. The third-order valence-corrected chi connectivity index (χ3v) is 7.41. The number of hydrogen-bond acceptors (Lipinski definition) is 8. The van der Waals surface area contributed by atoms with Crippen LogP contribution in [0.2, 0.25) is 0 Å². The molecule has 0 radical (unpaired) electrons. The Morgan fingerprint density at radius 3 is 1.59 bits per heavy atom. The minimum absolute atomic E-state index is 0.0157. The summed E-state index contributed by atoms with van der Waals surface area (Å²) in [4.78, 5) is 49.0. The van der Waals surface area contributed by atoms with Crippen LogP contribution in [0, 0.1) is 11.8 Å². The number of benzene rings is 2. The Hall–Kier alpha value is -3.76. The minimum atomic E-state index is -0.322. The summed E-state index contributed by atoms with van der Waals surface area (Å²) in [6, 6.07) is 19.0. The molecule has 1 aliphatic carbocycles. The maximum atomic E-state index is 12.7. The average Bonchev–Trinajstić information content (AvgIpc) is 3.31. The Bertz CT molecular complexity index is 1130. The fourth-order valence-electron chi connectivity index (χ4n) is 4.88. The summed E-state index contributed by atoms with van der Waals surface area (Å²) in [5.41, 5.74) is 1.88. The van der Waals surface area contributed by atoms with E-state index in [0.29, 0.717) is 45.6 Å². The molecular weight excluding hydrogens is 564 g/mol. The lowest BCUT2D eigenvalue weighted by Crippen LogP contribution is -2.34. The molecule has 3 rings (SSSR count). The summed E-state index contributed by atoms with van der Waals surface area (Å²) >= 11 is 0. The van der Waals surface area contributed by atoms with E-state index in [2.05, 4.69) is 10.6 Å². The fourth-order valence-corrected chi connectivity index (χ4v) is 4.88. The van der Waals surface area contributed by atoms with Crippen LogP contribution in [0.3, 0.4) is 0 Å². The van der Waals surface area contributed by atoms with E-state index in [1.807, 2.05) is 60.7 Å². The Morgan fingerprint density at radius 2 is 1.07 bits per heavy atom. The highest BCUT2D eigenvalue weighted by Gasteiger charge is 2.27. The maximum Gasteiger partial charge on any atom is 0.308 e. The molecule has 2 unspecified atom stereocenters. The van der Waals surface area contributed by atoms with Gasteiger partial charge < -0.3 is 29.6 Å². The van der Waals surface area contributed by atoms with Gasteiger partial charge in [0.05, 0.1) is 32.7 Å². The highest BCUT2D eigenvalue weighted by atomic mass is 16.5. The van der Waals surface area contributed by atoms with Gasteiger partial charge in [0.15, 0.2) is 0 Å². The lowest BCUT2D eigenvalue weighted by molar-refractivity contribution is -0.147. The molecule has 10 nitrogen and oxygen atoms in total. The van der Waals surface area contributed by atoms with Crippen molar-refractivity contribution in [1.29, 1.82) is 0 Å². The SMILES string of the molecule is O=C(CCOCCCNC(=O)C1CCCC(C(=O)NCCOCCC(=O)OCc2ccccc2)CC1)OCc1ccccc1. The van der Waals surface area contributed by atoms with Crippen molar-refractivity contribution in [1.82, 2.24) is 10.6 Å². The van der Waals surface area contributed by atoms with Crippen LogP contribution in [0.15, 0.2) is 60.7 Å². The smallest absolute Gasteiger partial charge is 0.308 e. The van der Waals surface area contributed by atoms with Crippen molar-refractivity contribution in [2.75, 3.05) is 39.5 Å². The monoisotopic (exact) mass is 610 g/mol. The van der Waals surface area contributed by atoms with Crippen LogP contribution in [-0.4, -0.2) is 63.3 Å². The van der Waals surface area contributed by atoms with Gasteiger partial charge in [0, 0.05) is 31.5 Å². The number of carbonyl (C=O) groups is 4. The van der Waals surface area contributed by atoms with Crippen molar-refractivity contribution in [2.24, 2.45) is 11.8 Å². The van der Waals surface area contributed by atoms with Crippen LogP contribution in [0.5, 0.6) is 0 Å². The summed E-state index contributed by atoms with van der Waals surface area (Å²) in [7, 11) is 0. The van der Waals surface area contributed by atoms with Gasteiger partial charge in [-0.2, -0.15) is 0 Å². The summed E-state index contributed by atoms with van der Waals surface area (Å²) in [5, 5.41) is 5.90. The predicted molar refractivity (Wildman–Crippen MR) is 164 cm³/mol. The standard InChI is InChI=1S/C34H46N2O8/c37-31(43-25-27-9-3-1-4-10-27)17-22-41-21-8-19-35-33(39)29-13-7-14-30(16-15-29)34(40)36-20-24-42-23-18-32(38)44-26-28-11-5-2-6-12-28/h1-6,9-12,29-30H,7-8,13-26H2,(H,35,39)(H,36,40). The second kappa shape index (κ2) is 21.0. The van der Waals surface area contributed by atoms with Crippen LogP contribution in [0.1, 0.15) is 62.5 Å². The Kier molecular flexibility index (Phi) is 16.6. The van der Waals surface area contributed by atoms with Crippen molar-refractivity contribution in [3.63, 3.8) is 0 Å². The molecular formula is C34H46N2O8. The molecule has 0 aliphatic heterocycles. The van der Waals surface area contributed by atoms with Crippen molar-refractivity contribution in [3.8, 4) is 0 Å². The Labute approximate surface area is 260 Å². The number of nitrogens with one attached hydrogen (secondary N) is 2. The molecule has 2 atom stereocenters. The topological polar surface area (TPSA) is 129 Å². The molecule has 1 fully saturated rings. The summed E-state index contributed by atoms with van der Waals surface area (Å²) in [6.45, 7) is 2.65. The van der Waals surface area contributed by atoms with Crippen LogP contribution >= 0.6 is 0 Å². The van der Waals surface area contributed by atoms with Crippen LogP contribution < -0.4 is 10.6 Å². The predicted octanol–water partition coefficient (Wildman–Crippen LogP) is 4.11. The molecule has 10 heteroatoms. The maximum absolute atomic E-state index is 12.7. The largest absolute Gasteiger partial charge is 0.461 e. The van der Waals surface area contributed by atoms with E-state index in [9.17, 15) is 19.2 Å². The van der Waals surface area contributed by atoms with Gasteiger partial charge in [-0.3, -0.25) is 19.2 Å². The minimum Gasteiger partial charge on any atom is -0.461 e. The number of carbonyl (C=O) groups excluding carboxylic acids is 4. The van der Waals surface area contributed by atoms with Crippen molar-refractivity contribution in [2.45, 2.75) is 64.6 Å². The van der Waals surface area contributed by atoms with Gasteiger partial charge >= 0.3 is 11.9 Å². The summed E-state index contributed by atoms with van der Waals surface area (Å²) in [6.07, 6.45) is 4.68. The number of hydrogen-bond donors (Lipinski definition) is 2.